The van der Waals surface area contributed by atoms with Gasteiger partial charge in [0.25, 0.3) is 11.8 Å². The van der Waals surface area contributed by atoms with E-state index in [0.29, 0.717) is 26.8 Å². The molecule has 4 rings (SSSR count). The van der Waals surface area contributed by atoms with Gasteiger partial charge in [0.1, 0.15) is 5.00 Å². The van der Waals surface area contributed by atoms with Crippen molar-refractivity contribution in [1.82, 2.24) is 4.98 Å². The van der Waals surface area contributed by atoms with Crippen molar-refractivity contribution in [3.05, 3.63) is 75.4 Å². The molecule has 164 valence electrons. The molecular weight excluding hydrogens is 450 g/mol. The number of ether oxygens (including phenoxy) is 1. The molecule has 0 radical (unpaired) electrons. The Morgan fingerprint density at radius 3 is 2.72 bits per heavy atom. The van der Waals surface area contributed by atoms with Gasteiger partial charge in [0.15, 0.2) is 6.61 Å². The largest absolute Gasteiger partial charge is 0.452 e. The van der Waals surface area contributed by atoms with Crippen molar-refractivity contribution in [3.8, 4) is 0 Å². The van der Waals surface area contributed by atoms with Gasteiger partial charge in [-0.05, 0) is 61.6 Å². The summed E-state index contributed by atoms with van der Waals surface area (Å²) in [5.74, 6) is -1.47. The molecule has 2 amide bonds. The molecule has 7 nitrogen and oxygen atoms in total. The number of esters is 1. The SMILES string of the molecule is O=C(COC(=O)c1c(NC(=O)c2cccnc2)sc2c1CCCC2)Nc1cccc(Cl)c1. The van der Waals surface area contributed by atoms with Crippen molar-refractivity contribution in [2.75, 3.05) is 17.2 Å². The van der Waals surface area contributed by atoms with Crippen LogP contribution in [-0.2, 0) is 22.4 Å². The maximum atomic E-state index is 12.9. The molecule has 2 N–H and O–H groups in total. The second kappa shape index (κ2) is 9.93. The number of amides is 2. The predicted molar refractivity (Wildman–Crippen MR) is 124 cm³/mol. The molecule has 2 aromatic heterocycles. The highest BCUT2D eigenvalue weighted by Crippen LogP contribution is 2.38. The molecule has 0 aliphatic heterocycles. The number of benzene rings is 1. The predicted octanol–water partition coefficient (Wildman–Crippen LogP) is 4.72. The Labute approximate surface area is 193 Å². The van der Waals surface area contributed by atoms with Crippen LogP contribution in [0.15, 0.2) is 48.8 Å². The lowest BCUT2D eigenvalue weighted by molar-refractivity contribution is -0.119. The maximum absolute atomic E-state index is 12.9. The van der Waals surface area contributed by atoms with E-state index in [0.717, 1.165) is 36.1 Å². The second-order valence-electron chi connectivity index (χ2n) is 7.25. The average molecular weight is 470 g/mol. The third kappa shape index (κ3) is 5.15. The number of aryl methyl sites for hydroxylation is 1. The van der Waals surface area contributed by atoms with Gasteiger partial charge >= 0.3 is 5.97 Å². The highest BCUT2D eigenvalue weighted by atomic mass is 35.5. The lowest BCUT2D eigenvalue weighted by Crippen LogP contribution is -2.22. The van der Waals surface area contributed by atoms with Crippen molar-refractivity contribution < 1.29 is 19.1 Å². The molecule has 32 heavy (non-hydrogen) atoms. The molecule has 0 unspecified atom stereocenters. The normalized spacial score (nSPS) is 12.5. The zero-order valence-corrected chi connectivity index (χ0v) is 18.6. The third-order valence-corrected chi connectivity index (χ3v) is 6.41. The van der Waals surface area contributed by atoms with Gasteiger partial charge in [-0.15, -0.1) is 11.3 Å². The van der Waals surface area contributed by atoms with E-state index in [2.05, 4.69) is 15.6 Å². The smallest absolute Gasteiger partial charge is 0.341 e. The summed E-state index contributed by atoms with van der Waals surface area (Å²) in [5.41, 5.74) is 2.12. The number of nitrogens with zero attached hydrogens (tertiary/aromatic N) is 1. The zero-order valence-electron chi connectivity index (χ0n) is 17.0. The summed E-state index contributed by atoms with van der Waals surface area (Å²) in [6.07, 6.45) is 6.60. The molecule has 1 aromatic carbocycles. The van der Waals surface area contributed by atoms with Crippen molar-refractivity contribution in [1.29, 1.82) is 0 Å². The van der Waals surface area contributed by atoms with Crippen LogP contribution >= 0.6 is 22.9 Å². The van der Waals surface area contributed by atoms with Crippen molar-refractivity contribution in [2.24, 2.45) is 0 Å². The van der Waals surface area contributed by atoms with Crippen LogP contribution in [0.1, 0.15) is 44.0 Å². The van der Waals surface area contributed by atoms with E-state index in [4.69, 9.17) is 16.3 Å². The molecule has 0 bridgehead atoms. The van der Waals surface area contributed by atoms with E-state index in [1.807, 2.05) is 0 Å². The van der Waals surface area contributed by atoms with E-state index in [9.17, 15) is 14.4 Å². The molecule has 0 saturated carbocycles. The van der Waals surface area contributed by atoms with Gasteiger partial charge in [-0.1, -0.05) is 17.7 Å². The van der Waals surface area contributed by atoms with Crippen molar-refractivity contribution in [2.45, 2.75) is 25.7 Å². The highest BCUT2D eigenvalue weighted by molar-refractivity contribution is 7.17. The summed E-state index contributed by atoms with van der Waals surface area (Å²) in [7, 11) is 0. The van der Waals surface area contributed by atoms with Crippen LogP contribution in [0.25, 0.3) is 0 Å². The monoisotopic (exact) mass is 469 g/mol. The number of carbonyl (C=O) groups excluding carboxylic acids is 3. The summed E-state index contributed by atoms with van der Waals surface area (Å²) in [6, 6.07) is 10.0. The Kier molecular flexibility index (Phi) is 6.82. The van der Waals surface area contributed by atoms with E-state index >= 15 is 0 Å². The first-order valence-electron chi connectivity index (χ1n) is 10.1. The molecule has 9 heteroatoms. The Morgan fingerprint density at radius 2 is 1.94 bits per heavy atom. The van der Waals surface area contributed by atoms with E-state index in [1.165, 1.54) is 17.5 Å². The standard InChI is InChI=1S/C23H20ClN3O4S/c24-15-6-3-7-16(11-15)26-19(28)13-31-23(30)20-17-8-1-2-9-18(17)32-22(20)27-21(29)14-5-4-10-25-12-14/h3-7,10-12H,1-2,8-9,13H2,(H,26,28)(H,27,29). The molecule has 0 atom stereocenters. The molecule has 1 aliphatic carbocycles. The molecule has 0 fully saturated rings. The fourth-order valence-electron chi connectivity index (χ4n) is 3.51. The zero-order chi connectivity index (χ0) is 22.5. The van der Waals surface area contributed by atoms with Crippen LogP contribution in [0.3, 0.4) is 0 Å². The minimum absolute atomic E-state index is 0.331. The molecular formula is C23H20ClN3O4S. The number of hydrogen-bond donors (Lipinski definition) is 2. The van der Waals surface area contributed by atoms with Crippen LogP contribution in [-0.4, -0.2) is 29.4 Å². The van der Waals surface area contributed by atoms with Crippen LogP contribution < -0.4 is 10.6 Å². The fraction of sp³-hybridized carbons (Fsp3) is 0.217. The number of aromatic nitrogens is 1. The lowest BCUT2D eigenvalue weighted by atomic mass is 9.95. The van der Waals surface area contributed by atoms with Gasteiger partial charge in [-0.25, -0.2) is 4.79 Å². The second-order valence-corrected chi connectivity index (χ2v) is 8.79. The first-order valence-corrected chi connectivity index (χ1v) is 11.3. The van der Waals surface area contributed by atoms with Gasteiger partial charge in [0.2, 0.25) is 0 Å². The van der Waals surface area contributed by atoms with Crippen LogP contribution in [0.5, 0.6) is 0 Å². The van der Waals surface area contributed by atoms with E-state index < -0.39 is 18.5 Å². The third-order valence-electron chi connectivity index (χ3n) is 4.97. The van der Waals surface area contributed by atoms with Gasteiger partial charge in [-0.3, -0.25) is 14.6 Å². The quantitative estimate of drug-likeness (QED) is 0.509. The summed E-state index contributed by atoms with van der Waals surface area (Å²) < 4.78 is 5.30. The number of anilines is 2. The Morgan fingerprint density at radius 1 is 1.09 bits per heavy atom. The Hall–Kier alpha value is -3.23. The molecule has 1 aliphatic rings. The van der Waals surface area contributed by atoms with E-state index in [1.54, 1.807) is 42.6 Å². The van der Waals surface area contributed by atoms with Gasteiger partial charge in [0, 0.05) is 28.0 Å². The summed E-state index contributed by atoms with van der Waals surface area (Å²) >= 11 is 7.30. The first kappa shape index (κ1) is 22.0. The van der Waals surface area contributed by atoms with Crippen molar-refractivity contribution >= 4 is 51.4 Å². The number of halogens is 1. The number of pyridine rings is 1. The maximum Gasteiger partial charge on any atom is 0.341 e. The van der Waals surface area contributed by atoms with Gasteiger partial charge in [-0.2, -0.15) is 0 Å². The molecule has 3 aromatic rings. The Bertz CT molecular complexity index is 1160. The Balaban J connectivity index is 1.48. The number of nitrogens with one attached hydrogen (secondary N) is 2. The highest BCUT2D eigenvalue weighted by Gasteiger charge is 2.28. The van der Waals surface area contributed by atoms with Crippen LogP contribution in [0.2, 0.25) is 5.02 Å². The summed E-state index contributed by atoms with van der Waals surface area (Å²) in [6.45, 7) is -0.452. The number of rotatable bonds is 6. The molecule has 0 spiro atoms. The van der Waals surface area contributed by atoms with Gasteiger partial charge < -0.3 is 15.4 Å². The number of carbonyl (C=O) groups is 3. The lowest BCUT2D eigenvalue weighted by Gasteiger charge is -2.13. The number of thiophene rings is 1. The fourth-order valence-corrected chi connectivity index (χ4v) is 4.97. The number of hydrogen-bond acceptors (Lipinski definition) is 6. The van der Waals surface area contributed by atoms with Crippen LogP contribution in [0, 0.1) is 0 Å². The molecule has 2 heterocycles. The minimum Gasteiger partial charge on any atom is -0.452 e. The minimum atomic E-state index is -0.632. The van der Waals surface area contributed by atoms with E-state index in [-0.39, 0.29) is 5.91 Å². The molecule has 0 saturated heterocycles. The van der Waals surface area contributed by atoms with Crippen LogP contribution in [0.4, 0.5) is 10.7 Å². The van der Waals surface area contributed by atoms with Crippen molar-refractivity contribution in [3.63, 3.8) is 0 Å². The van der Waals surface area contributed by atoms with Gasteiger partial charge in [0.05, 0.1) is 11.1 Å². The number of fused-ring (bicyclic) bond motifs is 1. The average Bonchev–Trinajstić information content (AvgIpc) is 3.16. The summed E-state index contributed by atoms with van der Waals surface area (Å²) in [5, 5.41) is 6.38. The first-order chi connectivity index (χ1) is 15.5. The summed E-state index contributed by atoms with van der Waals surface area (Å²) in [4.78, 5) is 42.8. The topological polar surface area (TPSA) is 97.4 Å².